The summed E-state index contributed by atoms with van der Waals surface area (Å²) in [5.41, 5.74) is 2.70. The zero-order valence-corrected chi connectivity index (χ0v) is 10.4. The van der Waals surface area contributed by atoms with Gasteiger partial charge in [0.25, 0.3) is 0 Å². The largest absolute Gasteiger partial charge is 0.320 e. The second-order valence-electron chi connectivity index (χ2n) is 4.58. The van der Waals surface area contributed by atoms with E-state index in [0.717, 1.165) is 19.4 Å². The molecule has 3 nitrogen and oxygen atoms in total. The summed E-state index contributed by atoms with van der Waals surface area (Å²) in [6, 6.07) is 0. The van der Waals surface area contributed by atoms with Gasteiger partial charge in [0.05, 0.1) is 5.69 Å². The van der Waals surface area contributed by atoms with E-state index < -0.39 is 0 Å². The van der Waals surface area contributed by atoms with Crippen LogP contribution in [0.5, 0.6) is 0 Å². The lowest BCUT2D eigenvalue weighted by atomic mass is 10.0. The summed E-state index contributed by atoms with van der Waals surface area (Å²) in [7, 11) is 4.00. The van der Waals surface area contributed by atoms with E-state index in [4.69, 9.17) is 0 Å². The summed E-state index contributed by atoms with van der Waals surface area (Å²) < 4.78 is 1.94. The zero-order chi connectivity index (χ0) is 11.3. The van der Waals surface area contributed by atoms with Crippen molar-refractivity contribution < 1.29 is 0 Å². The number of aryl methyl sites for hydroxylation is 2. The van der Waals surface area contributed by atoms with Gasteiger partial charge in [0.2, 0.25) is 0 Å². The van der Waals surface area contributed by atoms with Crippen molar-refractivity contribution in [2.75, 3.05) is 13.6 Å². The maximum absolute atomic E-state index is 4.52. The lowest BCUT2D eigenvalue weighted by molar-refractivity contribution is 0.637. The van der Waals surface area contributed by atoms with Gasteiger partial charge in [-0.3, -0.25) is 4.68 Å². The van der Waals surface area contributed by atoms with Gasteiger partial charge in [-0.15, -0.1) is 0 Å². The van der Waals surface area contributed by atoms with Crippen LogP contribution >= 0.6 is 0 Å². The Morgan fingerprint density at radius 1 is 1.47 bits per heavy atom. The van der Waals surface area contributed by atoms with Gasteiger partial charge in [-0.2, -0.15) is 5.10 Å². The standard InChI is InChI=1S/C12H23N3/c1-10(2)8-11-9-15(4)14-12(11)6-5-7-13-3/h9-10,13H,5-8H2,1-4H3. The third-order valence-corrected chi connectivity index (χ3v) is 2.46. The van der Waals surface area contributed by atoms with Crippen LogP contribution in [-0.4, -0.2) is 23.4 Å². The third-order valence-electron chi connectivity index (χ3n) is 2.46. The van der Waals surface area contributed by atoms with Crippen molar-refractivity contribution >= 4 is 0 Å². The molecular weight excluding hydrogens is 186 g/mol. The summed E-state index contributed by atoms with van der Waals surface area (Å²) in [5.74, 6) is 0.706. The number of rotatable bonds is 6. The molecular formula is C12H23N3. The average Bonchev–Trinajstić information content (AvgIpc) is 2.46. The van der Waals surface area contributed by atoms with E-state index in [2.05, 4.69) is 30.5 Å². The Morgan fingerprint density at radius 2 is 2.20 bits per heavy atom. The number of aromatic nitrogens is 2. The van der Waals surface area contributed by atoms with Crippen LogP contribution in [0.25, 0.3) is 0 Å². The monoisotopic (exact) mass is 209 g/mol. The van der Waals surface area contributed by atoms with Crippen LogP contribution in [-0.2, 0) is 19.9 Å². The molecule has 86 valence electrons. The molecule has 0 unspecified atom stereocenters. The van der Waals surface area contributed by atoms with Crippen molar-refractivity contribution in [1.82, 2.24) is 15.1 Å². The lowest BCUT2D eigenvalue weighted by Crippen LogP contribution is -2.09. The Hall–Kier alpha value is -0.830. The molecule has 0 amide bonds. The number of nitrogens with one attached hydrogen (secondary N) is 1. The highest BCUT2D eigenvalue weighted by Gasteiger charge is 2.08. The average molecular weight is 209 g/mol. The van der Waals surface area contributed by atoms with Gasteiger partial charge >= 0.3 is 0 Å². The smallest absolute Gasteiger partial charge is 0.0657 e. The highest BCUT2D eigenvalue weighted by atomic mass is 15.2. The van der Waals surface area contributed by atoms with E-state index in [1.54, 1.807) is 0 Å². The fraction of sp³-hybridized carbons (Fsp3) is 0.750. The predicted molar refractivity (Wildman–Crippen MR) is 64.0 cm³/mol. The first-order valence-corrected chi connectivity index (χ1v) is 5.79. The quantitative estimate of drug-likeness (QED) is 0.724. The molecule has 0 aromatic carbocycles. The van der Waals surface area contributed by atoms with Crippen molar-refractivity contribution in [3.63, 3.8) is 0 Å². The predicted octanol–water partition coefficient (Wildman–Crippen LogP) is 1.77. The highest BCUT2D eigenvalue weighted by Crippen LogP contribution is 2.13. The Bertz CT molecular complexity index is 289. The van der Waals surface area contributed by atoms with E-state index in [1.807, 2.05) is 18.8 Å². The van der Waals surface area contributed by atoms with Gasteiger partial charge in [0, 0.05) is 13.2 Å². The van der Waals surface area contributed by atoms with E-state index in [0.29, 0.717) is 5.92 Å². The van der Waals surface area contributed by atoms with Crippen LogP contribution < -0.4 is 5.32 Å². The maximum Gasteiger partial charge on any atom is 0.0657 e. The number of hydrogen-bond acceptors (Lipinski definition) is 2. The fourth-order valence-corrected chi connectivity index (χ4v) is 1.84. The number of nitrogens with zero attached hydrogens (tertiary/aromatic N) is 2. The van der Waals surface area contributed by atoms with Gasteiger partial charge in [-0.05, 0) is 44.3 Å². The molecule has 0 atom stereocenters. The Balaban J connectivity index is 2.59. The lowest BCUT2D eigenvalue weighted by Gasteiger charge is -2.04. The fourth-order valence-electron chi connectivity index (χ4n) is 1.84. The van der Waals surface area contributed by atoms with Crippen molar-refractivity contribution in [3.05, 3.63) is 17.5 Å². The molecule has 15 heavy (non-hydrogen) atoms. The number of hydrogen-bond donors (Lipinski definition) is 1. The Morgan fingerprint density at radius 3 is 2.80 bits per heavy atom. The molecule has 0 aliphatic heterocycles. The topological polar surface area (TPSA) is 29.9 Å². The zero-order valence-electron chi connectivity index (χ0n) is 10.4. The van der Waals surface area contributed by atoms with Gasteiger partial charge in [-0.25, -0.2) is 0 Å². The first kappa shape index (κ1) is 12.2. The molecule has 0 spiro atoms. The summed E-state index contributed by atoms with van der Waals surface area (Å²) in [5, 5.41) is 7.69. The summed E-state index contributed by atoms with van der Waals surface area (Å²) in [4.78, 5) is 0. The van der Waals surface area contributed by atoms with Crippen LogP contribution in [0.4, 0.5) is 0 Å². The first-order valence-electron chi connectivity index (χ1n) is 5.79. The van der Waals surface area contributed by atoms with Crippen molar-refractivity contribution in [3.8, 4) is 0 Å². The Labute approximate surface area is 92.9 Å². The second-order valence-corrected chi connectivity index (χ2v) is 4.58. The van der Waals surface area contributed by atoms with E-state index in [9.17, 15) is 0 Å². The maximum atomic E-state index is 4.52. The summed E-state index contributed by atoms with van der Waals surface area (Å²) >= 11 is 0. The summed E-state index contributed by atoms with van der Waals surface area (Å²) in [6.45, 7) is 5.58. The van der Waals surface area contributed by atoms with Crippen LogP contribution in [0.3, 0.4) is 0 Å². The third kappa shape index (κ3) is 4.04. The molecule has 0 saturated heterocycles. The highest BCUT2D eigenvalue weighted by molar-refractivity contribution is 5.17. The molecule has 0 aliphatic rings. The van der Waals surface area contributed by atoms with Gasteiger partial charge in [0.1, 0.15) is 0 Å². The van der Waals surface area contributed by atoms with E-state index in [-0.39, 0.29) is 0 Å². The van der Waals surface area contributed by atoms with Crippen molar-refractivity contribution in [2.24, 2.45) is 13.0 Å². The minimum atomic E-state index is 0.706. The SMILES string of the molecule is CNCCCc1nn(C)cc1CC(C)C. The molecule has 0 radical (unpaired) electrons. The second kappa shape index (κ2) is 5.91. The molecule has 1 aromatic heterocycles. The molecule has 1 heterocycles. The van der Waals surface area contributed by atoms with Gasteiger partial charge < -0.3 is 5.32 Å². The van der Waals surface area contributed by atoms with E-state index >= 15 is 0 Å². The molecule has 0 saturated carbocycles. The molecule has 3 heteroatoms. The minimum absolute atomic E-state index is 0.706. The van der Waals surface area contributed by atoms with Crippen LogP contribution in [0.2, 0.25) is 0 Å². The molecule has 0 aliphatic carbocycles. The molecule has 0 fully saturated rings. The van der Waals surface area contributed by atoms with E-state index in [1.165, 1.54) is 17.7 Å². The van der Waals surface area contributed by atoms with Crippen LogP contribution in [0.15, 0.2) is 6.20 Å². The van der Waals surface area contributed by atoms with Crippen LogP contribution in [0, 0.1) is 5.92 Å². The molecule has 1 N–H and O–H groups in total. The summed E-state index contributed by atoms with van der Waals surface area (Å²) in [6.07, 6.45) is 5.56. The molecule has 1 rings (SSSR count). The normalized spacial score (nSPS) is 11.3. The van der Waals surface area contributed by atoms with Gasteiger partial charge in [0.15, 0.2) is 0 Å². The molecule has 1 aromatic rings. The van der Waals surface area contributed by atoms with Crippen LogP contribution in [0.1, 0.15) is 31.5 Å². The minimum Gasteiger partial charge on any atom is -0.320 e. The Kier molecular flexibility index (Phi) is 4.82. The van der Waals surface area contributed by atoms with Crippen molar-refractivity contribution in [2.45, 2.75) is 33.1 Å². The molecule has 0 bridgehead atoms. The first-order chi connectivity index (χ1) is 7.13. The van der Waals surface area contributed by atoms with Gasteiger partial charge in [-0.1, -0.05) is 13.8 Å². The van der Waals surface area contributed by atoms with Crippen molar-refractivity contribution in [1.29, 1.82) is 0 Å².